The summed E-state index contributed by atoms with van der Waals surface area (Å²) < 4.78 is 11.7. The van der Waals surface area contributed by atoms with E-state index in [0.29, 0.717) is 12.6 Å². The molecule has 0 unspecified atom stereocenters. The van der Waals surface area contributed by atoms with Gasteiger partial charge in [-0.15, -0.1) is 0 Å². The van der Waals surface area contributed by atoms with E-state index < -0.39 is 0 Å². The van der Waals surface area contributed by atoms with Crippen LogP contribution in [0, 0.1) is 0 Å². The van der Waals surface area contributed by atoms with Crippen molar-refractivity contribution >= 4 is 21.9 Å². The molecule has 4 nitrogen and oxygen atoms in total. The summed E-state index contributed by atoms with van der Waals surface area (Å²) in [5.74, 6) is 0.690. The molecular formula is C16H22BrNO3. The maximum Gasteiger partial charge on any atom is 0.302 e. The van der Waals surface area contributed by atoms with Gasteiger partial charge in [0.25, 0.3) is 0 Å². The van der Waals surface area contributed by atoms with Crippen LogP contribution in [-0.4, -0.2) is 37.2 Å². The molecule has 0 saturated carbocycles. The number of likely N-dealkylation sites (tertiary alicyclic amines) is 1. The lowest BCUT2D eigenvalue weighted by molar-refractivity contribution is -0.143. The smallest absolute Gasteiger partial charge is 0.302 e. The lowest BCUT2D eigenvalue weighted by Crippen LogP contribution is -2.42. The fourth-order valence-electron chi connectivity index (χ4n) is 2.76. The quantitative estimate of drug-likeness (QED) is 0.759. The average Bonchev–Trinajstić information content (AvgIpc) is 2.46. The molecular weight excluding hydrogens is 334 g/mol. The van der Waals surface area contributed by atoms with Crippen molar-refractivity contribution in [3.05, 3.63) is 28.2 Å². The summed E-state index contributed by atoms with van der Waals surface area (Å²) in [5, 5.41) is 0. The molecule has 0 amide bonds. The van der Waals surface area contributed by atoms with Gasteiger partial charge in [-0.3, -0.25) is 9.69 Å². The largest absolute Gasteiger partial charge is 0.496 e. The van der Waals surface area contributed by atoms with E-state index in [4.69, 9.17) is 9.47 Å². The molecule has 21 heavy (non-hydrogen) atoms. The van der Waals surface area contributed by atoms with Crippen LogP contribution in [0.15, 0.2) is 22.7 Å². The monoisotopic (exact) mass is 355 g/mol. The normalized spacial score (nSPS) is 19.3. The summed E-state index contributed by atoms with van der Waals surface area (Å²) in [7, 11) is 1.69. The number of rotatable bonds is 5. The Hall–Kier alpha value is -1.07. The molecule has 0 aliphatic carbocycles. The third-order valence-corrected chi connectivity index (χ3v) is 4.34. The third kappa shape index (κ3) is 4.71. The van der Waals surface area contributed by atoms with Gasteiger partial charge in [0.05, 0.1) is 7.11 Å². The van der Waals surface area contributed by atoms with E-state index in [1.807, 2.05) is 12.1 Å². The lowest BCUT2D eigenvalue weighted by atomic mass is 10.0. The Morgan fingerprint density at radius 2 is 2.24 bits per heavy atom. The summed E-state index contributed by atoms with van der Waals surface area (Å²) >= 11 is 3.51. The maximum absolute atomic E-state index is 11.0. The van der Waals surface area contributed by atoms with E-state index in [1.54, 1.807) is 7.11 Å². The highest BCUT2D eigenvalue weighted by atomic mass is 79.9. The highest BCUT2D eigenvalue weighted by Gasteiger charge is 2.24. The van der Waals surface area contributed by atoms with Crippen molar-refractivity contribution in [2.45, 2.75) is 38.8 Å². The first-order valence-electron chi connectivity index (χ1n) is 7.30. The fraction of sp³-hybridized carbons (Fsp3) is 0.562. The highest BCUT2D eigenvalue weighted by molar-refractivity contribution is 9.10. The van der Waals surface area contributed by atoms with E-state index in [-0.39, 0.29) is 5.97 Å². The van der Waals surface area contributed by atoms with Crippen molar-refractivity contribution in [3.63, 3.8) is 0 Å². The SMILES string of the molecule is COc1ccc(Br)cc1CN1CCCC[C@H]1COC(C)=O. The predicted molar refractivity (Wildman–Crippen MR) is 85.4 cm³/mol. The molecule has 1 saturated heterocycles. The molecule has 2 rings (SSSR count). The van der Waals surface area contributed by atoms with Crippen LogP contribution in [0.2, 0.25) is 0 Å². The van der Waals surface area contributed by atoms with Gasteiger partial charge < -0.3 is 9.47 Å². The number of piperidine rings is 1. The van der Waals surface area contributed by atoms with Crippen LogP contribution in [0.25, 0.3) is 0 Å². The van der Waals surface area contributed by atoms with Crippen LogP contribution in [0.3, 0.4) is 0 Å². The van der Waals surface area contributed by atoms with Crippen molar-refractivity contribution in [1.29, 1.82) is 0 Å². The molecule has 1 heterocycles. The zero-order chi connectivity index (χ0) is 15.2. The molecule has 1 aromatic rings. The zero-order valence-corrected chi connectivity index (χ0v) is 14.2. The number of nitrogens with zero attached hydrogens (tertiary/aromatic N) is 1. The topological polar surface area (TPSA) is 38.8 Å². The molecule has 0 aromatic heterocycles. The number of carbonyl (C=O) groups is 1. The average molecular weight is 356 g/mol. The van der Waals surface area contributed by atoms with Crippen LogP contribution in [-0.2, 0) is 16.1 Å². The minimum atomic E-state index is -0.208. The number of hydrogen-bond donors (Lipinski definition) is 0. The van der Waals surface area contributed by atoms with E-state index in [0.717, 1.165) is 35.3 Å². The number of esters is 1. The first-order chi connectivity index (χ1) is 10.1. The molecule has 0 N–H and O–H groups in total. The summed E-state index contributed by atoms with van der Waals surface area (Å²) in [4.78, 5) is 13.4. The van der Waals surface area contributed by atoms with Crippen LogP contribution < -0.4 is 4.74 Å². The van der Waals surface area contributed by atoms with Gasteiger partial charge in [0.2, 0.25) is 0 Å². The van der Waals surface area contributed by atoms with Gasteiger partial charge in [-0.25, -0.2) is 0 Å². The highest BCUT2D eigenvalue weighted by Crippen LogP contribution is 2.27. The molecule has 116 valence electrons. The minimum absolute atomic E-state index is 0.208. The molecule has 1 aliphatic heterocycles. The van der Waals surface area contributed by atoms with Crippen LogP contribution in [0.5, 0.6) is 5.75 Å². The lowest BCUT2D eigenvalue weighted by Gasteiger charge is -2.35. The van der Waals surface area contributed by atoms with E-state index >= 15 is 0 Å². The first kappa shape index (κ1) is 16.3. The van der Waals surface area contributed by atoms with Crippen molar-refractivity contribution in [1.82, 2.24) is 4.90 Å². The number of benzene rings is 1. The molecule has 0 spiro atoms. The molecule has 1 atom stereocenters. The molecule has 5 heteroatoms. The Labute approximate surface area is 134 Å². The second-order valence-electron chi connectivity index (χ2n) is 5.38. The van der Waals surface area contributed by atoms with E-state index in [2.05, 4.69) is 26.9 Å². The van der Waals surface area contributed by atoms with Crippen molar-refractivity contribution in [2.24, 2.45) is 0 Å². The Balaban J connectivity index is 2.08. The van der Waals surface area contributed by atoms with E-state index in [9.17, 15) is 4.79 Å². The van der Waals surface area contributed by atoms with Crippen LogP contribution in [0.4, 0.5) is 0 Å². The number of halogens is 1. The second-order valence-corrected chi connectivity index (χ2v) is 6.29. The Kier molecular flexibility index (Phi) is 6.06. The van der Waals surface area contributed by atoms with E-state index in [1.165, 1.54) is 19.8 Å². The van der Waals surface area contributed by atoms with Gasteiger partial charge in [0.1, 0.15) is 12.4 Å². The Bertz CT molecular complexity index is 492. The van der Waals surface area contributed by atoms with Gasteiger partial charge in [-0.1, -0.05) is 22.4 Å². The number of methoxy groups -OCH3 is 1. The zero-order valence-electron chi connectivity index (χ0n) is 12.6. The summed E-state index contributed by atoms with van der Waals surface area (Å²) in [6.45, 7) is 3.78. The predicted octanol–water partition coefficient (Wildman–Crippen LogP) is 3.38. The summed E-state index contributed by atoms with van der Waals surface area (Å²) in [6, 6.07) is 6.35. The number of carbonyl (C=O) groups excluding carboxylic acids is 1. The summed E-state index contributed by atoms with van der Waals surface area (Å²) in [5.41, 5.74) is 1.15. The van der Waals surface area contributed by atoms with Gasteiger partial charge in [0, 0.05) is 29.5 Å². The van der Waals surface area contributed by atoms with Gasteiger partial charge in [-0.2, -0.15) is 0 Å². The minimum Gasteiger partial charge on any atom is -0.496 e. The molecule has 1 aliphatic rings. The number of hydrogen-bond acceptors (Lipinski definition) is 4. The third-order valence-electron chi connectivity index (χ3n) is 3.84. The first-order valence-corrected chi connectivity index (χ1v) is 8.09. The van der Waals surface area contributed by atoms with Gasteiger partial charge >= 0.3 is 5.97 Å². The molecule has 0 bridgehead atoms. The fourth-order valence-corrected chi connectivity index (χ4v) is 3.17. The van der Waals surface area contributed by atoms with Crippen molar-refractivity contribution in [3.8, 4) is 5.75 Å². The molecule has 0 radical (unpaired) electrons. The van der Waals surface area contributed by atoms with Crippen molar-refractivity contribution in [2.75, 3.05) is 20.3 Å². The molecule has 1 fully saturated rings. The van der Waals surface area contributed by atoms with Crippen LogP contribution in [0.1, 0.15) is 31.7 Å². The Morgan fingerprint density at radius 3 is 2.95 bits per heavy atom. The maximum atomic E-state index is 11.0. The van der Waals surface area contributed by atoms with Gasteiger partial charge in [-0.05, 0) is 37.6 Å². The van der Waals surface area contributed by atoms with Gasteiger partial charge in [0.15, 0.2) is 0 Å². The standard InChI is InChI=1S/C16H22BrNO3/c1-12(19)21-11-15-5-3-4-8-18(15)10-13-9-14(17)6-7-16(13)20-2/h6-7,9,15H,3-5,8,10-11H2,1-2H3/t15-/m0/s1. The molecule has 1 aromatic carbocycles. The summed E-state index contributed by atoms with van der Waals surface area (Å²) in [6.07, 6.45) is 3.45. The second kappa shape index (κ2) is 7.80. The number of ether oxygens (including phenoxy) is 2. The Morgan fingerprint density at radius 1 is 1.43 bits per heavy atom. The van der Waals surface area contributed by atoms with Crippen molar-refractivity contribution < 1.29 is 14.3 Å². The van der Waals surface area contributed by atoms with Crippen LogP contribution >= 0.6 is 15.9 Å².